The summed E-state index contributed by atoms with van der Waals surface area (Å²) in [7, 11) is 0. The predicted octanol–water partition coefficient (Wildman–Crippen LogP) is 2.60. The van der Waals surface area contributed by atoms with Gasteiger partial charge in [0.25, 0.3) is 0 Å². The first-order chi connectivity index (χ1) is 12.1. The van der Waals surface area contributed by atoms with Crippen molar-refractivity contribution in [3.05, 3.63) is 60.7 Å². The molecule has 7 nitrogen and oxygen atoms in total. The molecule has 2 aromatic heterocycles. The lowest BCUT2D eigenvalue weighted by atomic mass is 10.1. The van der Waals surface area contributed by atoms with Gasteiger partial charge in [0.2, 0.25) is 0 Å². The Morgan fingerprint density at radius 3 is 2.88 bits per heavy atom. The second-order valence-corrected chi connectivity index (χ2v) is 5.85. The molecular weight excluding hydrogens is 318 g/mol. The van der Waals surface area contributed by atoms with Gasteiger partial charge in [0.1, 0.15) is 11.6 Å². The van der Waals surface area contributed by atoms with E-state index in [4.69, 9.17) is 4.74 Å². The smallest absolute Gasteiger partial charge is 0.173 e. The topological polar surface area (TPSA) is 85.1 Å². The number of aliphatic hydroxyl groups is 1. The second kappa shape index (κ2) is 7.76. The van der Waals surface area contributed by atoms with E-state index in [9.17, 15) is 5.11 Å². The van der Waals surface area contributed by atoms with Crippen LogP contribution in [0.5, 0.6) is 5.75 Å². The fourth-order valence-corrected chi connectivity index (χ4v) is 2.34. The van der Waals surface area contributed by atoms with Crippen LogP contribution in [0.1, 0.15) is 25.5 Å². The zero-order valence-corrected chi connectivity index (χ0v) is 14.2. The fraction of sp³-hybridized carbons (Fsp3) is 0.278. The molecule has 2 heterocycles. The number of aromatic nitrogens is 4. The summed E-state index contributed by atoms with van der Waals surface area (Å²) in [5.74, 6) is 1.92. The molecule has 25 heavy (non-hydrogen) atoms. The molecule has 0 aliphatic carbocycles. The number of benzene rings is 1. The van der Waals surface area contributed by atoms with Crippen LogP contribution in [0.4, 0.5) is 5.82 Å². The molecule has 1 atom stereocenters. The van der Waals surface area contributed by atoms with Crippen LogP contribution in [0.3, 0.4) is 0 Å². The Morgan fingerprint density at radius 2 is 2.12 bits per heavy atom. The molecule has 0 amide bonds. The van der Waals surface area contributed by atoms with Crippen molar-refractivity contribution >= 4 is 5.82 Å². The highest BCUT2D eigenvalue weighted by molar-refractivity contribution is 5.37. The van der Waals surface area contributed by atoms with E-state index in [0.717, 1.165) is 11.3 Å². The average molecular weight is 339 g/mol. The highest BCUT2D eigenvalue weighted by Gasteiger charge is 2.10. The van der Waals surface area contributed by atoms with E-state index in [0.29, 0.717) is 18.2 Å². The van der Waals surface area contributed by atoms with Crippen molar-refractivity contribution in [2.75, 3.05) is 11.9 Å². The number of aliphatic hydroxyl groups excluding tert-OH is 1. The molecule has 2 N–H and O–H groups in total. The zero-order chi connectivity index (χ0) is 17.6. The van der Waals surface area contributed by atoms with Gasteiger partial charge in [0.15, 0.2) is 5.82 Å². The van der Waals surface area contributed by atoms with Crippen LogP contribution in [-0.2, 0) is 0 Å². The Morgan fingerprint density at radius 1 is 1.24 bits per heavy atom. The normalized spacial score (nSPS) is 12.2. The third-order valence-electron chi connectivity index (χ3n) is 3.45. The number of rotatable bonds is 7. The average Bonchev–Trinajstić information content (AvgIpc) is 3.14. The highest BCUT2D eigenvalue weighted by atomic mass is 16.5. The van der Waals surface area contributed by atoms with Crippen molar-refractivity contribution in [3.8, 4) is 11.6 Å². The zero-order valence-electron chi connectivity index (χ0n) is 14.2. The highest BCUT2D eigenvalue weighted by Crippen LogP contribution is 2.20. The molecule has 0 bridgehead atoms. The van der Waals surface area contributed by atoms with Gasteiger partial charge in [0, 0.05) is 18.9 Å². The van der Waals surface area contributed by atoms with Crippen LogP contribution in [0.2, 0.25) is 0 Å². The first kappa shape index (κ1) is 16.9. The number of nitrogens with one attached hydrogen (secondary N) is 1. The third kappa shape index (κ3) is 4.54. The Bertz CT molecular complexity index is 805. The van der Waals surface area contributed by atoms with Crippen LogP contribution in [0.25, 0.3) is 5.82 Å². The number of hydrogen-bond donors (Lipinski definition) is 2. The maximum atomic E-state index is 10.4. The molecule has 1 aromatic carbocycles. The molecule has 0 saturated carbocycles. The second-order valence-electron chi connectivity index (χ2n) is 5.85. The van der Waals surface area contributed by atoms with Crippen LogP contribution in [0.15, 0.2) is 55.1 Å². The third-order valence-corrected chi connectivity index (χ3v) is 3.45. The lowest BCUT2D eigenvalue weighted by molar-refractivity contribution is 0.189. The van der Waals surface area contributed by atoms with Crippen LogP contribution in [-0.4, -0.2) is 37.5 Å². The standard InChI is InChI=1S/C18H21N5O2/c1-13(2)25-15-6-3-5-14(9-15)16(24)10-20-17-11-19-12-18(22-17)23-8-4-7-21-23/h3-9,11-13,16,24H,10H2,1-2H3,(H,20,22)/t16-/m0/s1. The van der Waals surface area contributed by atoms with E-state index < -0.39 is 6.10 Å². The first-order valence-corrected chi connectivity index (χ1v) is 8.12. The van der Waals surface area contributed by atoms with Crippen molar-refractivity contribution in [2.45, 2.75) is 26.1 Å². The van der Waals surface area contributed by atoms with Crippen LogP contribution >= 0.6 is 0 Å². The van der Waals surface area contributed by atoms with Gasteiger partial charge in [-0.1, -0.05) is 12.1 Å². The van der Waals surface area contributed by atoms with Gasteiger partial charge in [-0.05, 0) is 37.6 Å². The summed E-state index contributed by atoms with van der Waals surface area (Å²) in [6, 6.07) is 9.28. The predicted molar refractivity (Wildman–Crippen MR) is 94.8 cm³/mol. The largest absolute Gasteiger partial charge is 0.491 e. The molecule has 3 rings (SSSR count). The molecule has 0 unspecified atom stereocenters. The molecule has 3 aromatic rings. The fourth-order valence-electron chi connectivity index (χ4n) is 2.34. The Labute approximate surface area is 146 Å². The van der Waals surface area contributed by atoms with Crippen molar-refractivity contribution in [2.24, 2.45) is 0 Å². The minimum absolute atomic E-state index is 0.0887. The maximum absolute atomic E-state index is 10.4. The summed E-state index contributed by atoms with van der Waals surface area (Å²) < 4.78 is 7.29. The molecule has 0 spiro atoms. The Hall–Kier alpha value is -2.93. The molecule has 7 heteroatoms. The van der Waals surface area contributed by atoms with Crippen molar-refractivity contribution in [1.29, 1.82) is 0 Å². The van der Waals surface area contributed by atoms with E-state index in [-0.39, 0.29) is 6.10 Å². The molecular formula is C18H21N5O2. The van der Waals surface area contributed by atoms with E-state index in [1.807, 2.05) is 44.2 Å². The number of ether oxygens (including phenoxy) is 1. The van der Waals surface area contributed by atoms with Crippen molar-refractivity contribution in [3.63, 3.8) is 0 Å². The van der Waals surface area contributed by atoms with E-state index in [1.54, 1.807) is 29.5 Å². The quantitative estimate of drug-likeness (QED) is 0.688. The van der Waals surface area contributed by atoms with Gasteiger partial charge in [-0.15, -0.1) is 0 Å². The number of anilines is 1. The van der Waals surface area contributed by atoms with Crippen LogP contribution in [0, 0.1) is 0 Å². The van der Waals surface area contributed by atoms with Crippen LogP contribution < -0.4 is 10.1 Å². The minimum Gasteiger partial charge on any atom is -0.491 e. The van der Waals surface area contributed by atoms with Gasteiger partial charge in [0.05, 0.1) is 24.6 Å². The minimum atomic E-state index is -0.689. The Kier molecular flexibility index (Phi) is 5.25. The lowest BCUT2D eigenvalue weighted by Gasteiger charge is -2.15. The molecule has 130 valence electrons. The summed E-state index contributed by atoms with van der Waals surface area (Å²) in [6.07, 6.45) is 6.11. The van der Waals surface area contributed by atoms with E-state index in [2.05, 4.69) is 20.4 Å². The summed E-state index contributed by atoms with van der Waals surface area (Å²) in [5, 5.41) is 17.6. The van der Waals surface area contributed by atoms with Gasteiger partial charge in [-0.25, -0.2) is 9.67 Å². The SMILES string of the molecule is CC(C)Oc1cccc([C@@H](O)CNc2cncc(-n3cccn3)n2)c1. The molecule has 0 saturated heterocycles. The van der Waals surface area contributed by atoms with Gasteiger partial charge >= 0.3 is 0 Å². The number of nitrogens with zero attached hydrogens (tertiary/aromatic N) is 4. The Balaban J connectivity index is 1.64. The summed E-state index contributed by atoms with van der Waals surface area (Å²) in [4.78, 5) is 8.58. The monoisotopic (exact) mass is 339 g/mol. The molecule has 0 aliphatic heterocycles. The maximum Gasteiger partial charge on any atom is 0.173 e. The number of hydrogen-bond acceptors (Lipinski definition) is 6. The summed E-state index contributed by atoms with van der Waals surface area (Å²) >= 11 is 0. The first-order valence-electron chi connectivity index (χ1n) is 8.12. The van der Waals surface area contributed by atoms with Gasteiger partial charge in [-0.3, -0.25) is 4.98 Å². The van der Waals surface area contributed by atoms with E-state index in [1.165, 1.54) is 0 Å². The lowest BCUT2D eigenvalue weighted by Crippen LogP contribution is -2.14. The summed E-state index contributed by atoms with van der Waals surface area (Å²) in [6.45, 7) is 4.24. The van der Waals surface area contributed by atoms with Gasteiger partial charge < -0.3 is 15.2 Å². The summed E-state index contributed by atoms with van der Waals surface area (Å²) in [5.41, 5.74) is 0.779. The van der Waals surface area contributed by atoms with E-state index >= 15 is 0 Å². The van der Waals surface area contributed by atoms with Crippen molar-refractivity contribution in [1.82, 2.24) is 19.7 Å². The molecule has 0 radical (unpaired) electrons. The molecule has 0 fully saturated rings. The molecule has 0 aliphatic rings. The van der Waals surface area contributed by atoms with Gasteiger partial charge in [-0.2, -0.15) is 5.10 Å². The van der Waals surface area contributed by atoms with Crippen molar-refractivity contribution < 1.29 is 9.84 Å².